The van der Waals surface area contributed by atoms with Gasteiger partial charge in [-0.15, -0.1) is 0 Å². The van der Waals surface area contributed by atoms with Gasteiger partial charge in [-0.3, -0.25) is 14.9 Å². The second-order valence-electron chi connectivity index (χ2n) is 4.32. The van der Waals surface area contributed by atoms with Crippen molar-refractivity contribution in [2.45, 2.75) is 13.3 Å². The number of hydrogen-bond donors (Lipinski definition) is 0. The molecule has 0 spiro atoms. The fraction of sp³-hybridized carbons (Fsp3) is 0.455. The third kappa shape index (κ3) is 2.50. The molecular weight excluding hydrogens is 302 g/mol. The number of halogens is 1. The van der Waals surface area contributed by atoms with Crippen LogP contribution in [0.1, 0.15) is 13.3 Å². The third-order valence-corrected chi connectivity index (χ3v) is 3.42. The normalized spacial score (nSPS) is 20.0. The minimum atomic E-state index is -0.450. The van der Waals surface area contributed by atoms with Crippen molar-refractivity contribution in [3.63, 3.8) is 0 Å². The summed E-state index contributed by atoms with van der Waals surface area (Å²) in [6.45, 7) is 2.80. The number of piperidine rings is 1. The van der Waals surface area contributed by atoms with Crippen molar-refractivity contribution < 1.29 is 9.72 Å². The zero-order valence-electron chi connectivity index (χ0n) is 9.80. The molecule has 0 saturated carbocycles. The van der Waals surface area contributed by atoms with Gasteiger partial charge in [0.25, 0.3) is 0 Å². The van der Waals surface area contributed by atoms with Crippen LogP contribution in [0.2, 0.25) is 0 Å². The van der Waals surface area contributed by atoms with Crippen LogP contribution in [0.3, 0.4) is 0 Å². The summed E-state index contributed by atoms with van der Waals surface area (Å²) in [5, 5.41) is 11.0. The van der Waals surface area contributed by atoms with E-state index in [0.29, 0.717) is 29.8 Å². The van der Waals surface area contributed by atoms with Crippen LogP contribution in [-0.2, 0) is 4.79 Å². The number of rotatable bonds is 2. The van der Waals surface area contributed by atoms with E-state index in [1.165, 1.54) is 12.3 Å². The summed E-state index contributed by atoms with van der Waals surface area (Å²) in [5.74, 6) is 0.428. The molecule has 18 heavy (non-hydrogen) atoms. The number of carbonyl (C=O) groups excluding carboxylic acids is 1. The molecule has 1 aromatic heterocycles. The highest BCUT2D eigenvalue weighted by atomic mass is 79.9. The van der Waals surface area contributed by atoms with E-state index in [1.807, 2.05) is 6.92 Å². The van der Waals surface area contributed by atoms with Crippen LogP contribution in [0.4, 0.5) is 11.5 Å². The van der Waals surface area contributed by atoms with E-state index < -0.39 is 4.92 Å². The quantitative estimate of drug-likeness (QED) is 0.617. The summed E-state index contributed by atoms with van der Waals surface area (Å²) in [7, 11) is 0. The van der Waals surface area contributed by atoms with Gasteiger partial charge in [0.05, 0.1) is 4.92 Å². The number of anilines is 1. The Balaban J connectivity index is 2.33. The lowest BCUT2D eigenvalue weighted by atomic mass is 9.98. The maximum absolute atomic E-state index is 11.5. The van der Waals surface area contributed by atoms with E-state index in [1.54, 1.807) is 4.90 Å². The summed E-state index contributed by atoms with van der Waals surface area (Å²) in [6.07, 6.45) is 1.94. The Morgan fingerprint density at radius 2 is 2.33 bits per heavy atom. The van der Waals surface area contributed by atoms with Gasteiger partial charge < -0.3 is 4.90 Å². The Kier molecular flexibility index (Phi) is 3.60. The Bertz CT molecular complexity index is 506. The lowest BCUT2D eigenvalue weighted by Gasteiger charge is -2.30. The van der Waals surface area contributed by atoms with Crippen molar-refractivity contribution in [3.05, 3.63) is 26.9 Å². The SMILES string of the molecule is C[C@@H]1CN(c2ncc(Br)cc2[N+](=O)[O-])CCC1=O. The molecule has 0 aliphatic carbocycles. The summed E-state index contributed by atoms with van der Waals surface area (Å²) < 4.78 is 0.569. The van der Waals surface area contributed by atoms with Crippen molar-refractivity contribution in [2.24, 2.45) is 5.92 Å². The number of aromatic nitrogens is 1. The van der Waals surface area contributed by atoms with Gasteiger partial charge in [0, 0.05) is 42.2 Å². The van der Waals surface area contributed by atoms with Crippen molar-refractivity contribution in [1.82, 2.24) is 4.98 Å². The summed E-state index contributed by atoms with van der Waals surface area (Å²) >= 11 is 3.17. The first kappa shape index (κ1) is 12.9. The number of nitrogens with zero attached hydrogens (tertiary/aromatic N) is 3. The molecule has 1 aliphatic rings. The first-order valence-corrected chi connectivity index (χ1v) is 6.36. The standard InChI is InChI=1S/C11H12BrN3O3/c1-7-6-14(3-2-10(7)16)11-9(15(17)18)4-8(12)5-13-11/h4-5,7H,2-3,6H2,1H3/t7-/m1/s1. The van der Waals surface area contributed by atoms with E-state index in [0.717, 1.165) is 0 Å². The number of pyridine rings is 1. The van der Waals surface area contributed by atoms with Gasteiger partial charge >= 0.3 is 5.69 Å². The Labute approximate surface area is 112 Å². The second-order valence-corrected chi connectivity index (χ2v) is 5.23. The highest BCUT2D eigenvalue weighted by Gasteiger charge is 2.29. The van der Waals surface area contributed by atoms with Gasteiger partial charge in [-0.2, -0.15) is 0 Å². The molecule has 1 atom stereocenters. The number of carbonyl (C=O) groups is 1. The highest BCUT2D eigenvalue weighted by molar-refractivity contribution is 9.10. The van der Waals surface area contributed by atoms with E-state index in [-0.39, 0.29) is 17.4 Å². The molecule has 0 bridgehead atoms. The number of hydrogen-bond acceptors (Lipinski definition) is 5. The molecule has 1 saturated heterocycles. The molecule has 7 heteroatoms. The summed E-state index contributed by atoms with van der Waals surface area (Å²) in [6, 6.07) is 1.43. The molecular formula is C11H12BrN3O3. The van der Waals surface area contributed by atoms with Crippen LogP contribution in [0.25, 0.3) is 0 Å². The molecule has 1 fully saturated rings. The van der Waals surface area contributed by atoms with Crippen LogP contribution >= 0.6 is 15.9 Å². The third-order valence-electron chi connectivity index (χ3n) is 2.98. The Morgan fingerprint density at radius 3 is 2.94 bits per heavy atom. The van der Waals surface area contributed by atoms with Crippen LogP contribution in [0, 0.1) is 16.0 Å². The topological polar surface area (TPSA) is 76.3 Å². The van der Waals surface area contributed by atoms with E-state index in [2.05, 4.69) is 20.9 Å². The van der Waals surface area contributed by atoms with Gasteiger partial charge in [-0.25, -0.2) is 4.98 Å². The molecule has 0 unspecified atom stereocenters. The maximum atomic E-state index is 11.5. The minimum absolute atomic E-state index is 0.0362. The molecule has 2 rings (SSSR count). The average molecular weight is 314 g/mol. The molecule has 1 aliphatic heterocycles. The highest BCUT2D eigenvalue weighted by Crippen LogP contribution is 2.30. The minimum Gasteiger partial charge on any atom is -0.350 e. The summed E-state index contributed by atoms with van der Waals surface area (Å²) in [4.78, 5) is 27.9. The molecule has 0 aromatic carbocycles. The van der Waals surface area contributed by atoms with Crippen molar-refractivity contribution in [1.29, 1.82) is 0 Å². The van der Waals surface area contributed by atoms with E-state index >= 15 is 0 Å². The monoisotopic (exact) mass is 313 g/mol. The zero-order chi connectivity index (χ0) is 13.3. The van der Waals surface area contributed by atoms with Gasteiger partial charge in [0.1, 0.15) is 5.78 Å². The average Bonchev–Trinajstić information content (AvgIpc) is 2.32. The molecule has 96 valence electrons. The van der Waals surface area contributed by atoms with Crippen LogP contribution in [-0.4, -0.2) is 28.8 Å². The van der Waals surface area contributed by atoms with Gasteiger partial charge in [-0.1, -0.05) is 6.92 Å². The zero-order valence-corrected chi connectivity index (χ0v) is 11.4. The molecule has 6 nitrogen and oxygen atoms in total. The smallest absolute Gasteiger partial charge is 0.312 e. The predicted octanol–water partition coefficient (Wildman–Crippen LogP) is 2.17. The number of Topliss-reactive ketones (excluding diaryl/α,β-unsaturated/α-hetero) is 1. The van der Waals surface area contributed by atoms with Gasteiger partial charge in [0.2, 0.25) is 5.82 Å². The largest absolute Gasteiger partial charge is 0.350 e. The molecule has 2 heterocycles. The molecule has 0 amide bonds. The Morgan fingerprint density at radius 1 is 1.61 bits per heavy atom. The van der Waals surface area contributed by atoms with Crippen LogP contribution in [0.15, 0.2) is 16.7 Å². The lowest BCUT2D eigenvalue weighted by Crippen LogP contribution is -2.40. The summed E-state index contributed by atoms with van der Waals surface area (Å²) in [5.41, 5.74) is -0.0362. The maximum Gasteiger partial charge on any atom is 0.312 e. The predicted molar refractivity (Wildman–Crippen MR) is 69.6 cm³/mol. The van der Waals surface area contributed by atoms with Gasteiger partial charge in [-0.05, 0) is 15.9 Å². The fourth-order valence-corrected chi connectivity index (χ4v) is 2.33. The first-order chi connectivity index (χ1) is 8.49. The Hall–Kier alpha value is -1.50. The second kappa shape index (κ2) is 5.01. The molecule has 0 radical (unpaired) electrons. The van der Waals surface area contributed by atoms with Crippen molar-refractivity contribution in [3.8, 4) is 0 Å². The van der Waals surface area contributed by atoms with Crippen LogP contribution in [0.5, 0.6) is 0 Å². The molecule has 0 N–H and O–H groups in total. The van der Waals surface area contributed by atoms with Crippen molar-refractivity contribution in [2.75, 3.05) is 18.0 Å². The lowest BCUT2D eigenvalue weighted by molar-refractivity contribution is -0.384. The van der Waals surface area contributed by atoms with Gasteiger partial charge in [0.15, 0.2) is 0 Å². The number of ketones is 1. The van der Waals surface area contributed by atoms with E-state index in [9.17, 15) is 14.9 Å². The van der Waals surface area contributed by atoms with Crippen LogP contribution < -0.4 is 4.90 Å². The first-order valence-electron chi connectivity index (χ1n) is 5.56. The number of nitro groups is 1. The molecule has 1 aromatic rings. The van der Waals surface area contributed by atoms with E-state index in [4.69, 9.17) is 0 Å². The van der Waals surface area contributed by atoms with Crippen molar-refractivity contribution >= 4 is 33.2 Å². The fourth-order valence-electron chi connectivity index (χ4n) is 2.01.